The van der Waals surface area contributed by atoms with Crippen LogP contribution in [0.5, 0.6) is 0 Å². The summed E-state index contributed by atoms with van der Waals surface area (Å²) in [6, 6.07) is 9.57. The van der Waals surface area contributed by atoms with Gasteiger partial charge in [0.15, 0.2) is 6.61 Å². The number of nitrogens with one attached hydrogen (secondary N) is 1. The van der Waals surface area contributed by atoms with Crippen LogP contribution in [-0.2, 0) is 33.7 Å². The highest BCUT2D eigenvalue weighted by Gasteiger charge is 2.28. The number of anilines is 1. The predicted molar refractivity (Wildman–Crippen MR) is 124 cm³/mol. The summed E-state index contributed by atoms with van der Waals surface area (Å²) in [5.41, 5.74) is 2.81. The minimum Gasteiger partial charge on any atom is -0.465 e. The highest BCUT2D eigenvalue weighted by Crippen LogP contribution is 2.39. The molecule has 0 atom stereocenters. The molecule has 33 heavy (non-hydrogen) atoms. The number of esters is 2. The number of aryl methyl sites for hydroxylation is 2. The van der Waals surface area contributed by atoms with Crippen LogP contribution in [0.2, 0.25) is 5.15 Å². The van der Waals surface area contributed by atoms with Crippen molar-refractivity contribution in [3.63, 3.8) is 0 Å². The number of rotatable bonds is 7. The summed E-state index contributed by atoms with van der Waals surface area (Å²) in [6.07, 6.45) is 2.60. The normalized spacial score (nSPS) is 12.3. The Morgan fingerprint density at radius 1 is 1.15 bits per heavy atom. The van der Waals surface area contributed by atoms with Gasteiger partial charge >= 0.3 is 11.9 Å². The van der Waals surface area contributed by atoms with Gasteiger partial charge < -0.3 is 14.8 Å². The predicted octanol–water partition coefficient (Wildman–Crippen LogP) is 4.03. The van der Waals surface area contributed by atoms with Gasteiger partial charge in [0.25, 0.3) is 5.91 Å². The van der Waals surface area contributed by atoms with Crippen LogP contribution >= 0.6 is 22.9 Å². The molecule has 0 saturated carbocycles. The molecule has 0 aliphatic heterocycles. The van der Waals surface area contributed by atoms with Gasteiger partial charge in [-0.15, -0.1) is 11.3 Å². The number of nitrogens with zero attached hydrogens (tertiary/aromatic N) is 2. The van der Waals surface area contributed by atoms with E-state index in [0.717, 1.165) is 35.3 Å². The number of hydrogen-bond donors (Lipinski definition) is 1. The first-order valence-corrected chi connectivity index (χ1v) is 11.5. The van der Waals surface area contributed by atoms with Crippen LogP contribution in [0.3, 0.4) is 0 Å². The monoisotopic (exact) mass is 487 g/mol. The molecular formula is C23H22ClN3O5S. The fourth-order valence-corrected chi connectivity index (χ4v) is 5.43. The Labute approximate surface area is 199 Å². The molecule has 10 heteroatoms. The van der Waals surface area contributed by atoms with Crippen molar-refractivity contribution >= 4 is 45.8 Å². The van der Waals surface area contributed by atoms with Gasteiger partial charge in [0.1, 0.15) is 15.7 Å². The first kappa shape index (κ1) is 23.0. The number of thiophene rings is 1. The third kappa shape index (κ3) is 4.79. The lowest BCUT2D eigenvalue weighted by Gasteiger charge is -2.08. The van der Waals surface area contributed by atoms with E-state index < -0.39 is 24.5 Å². The molecule has 2 aromatic heterocycles. The third-order valence-electron chi connectivity index (χ3n) is 5.34. The summed E-state index contributed by atoms with van der Waals surface area (Å²) in [7, 11) is 1.30. The van der Waals surface area contributed by atoms with Gasteiger partial charge in [-0.1, -0.05) is 41.9 Å². The second-order valence-electron chi connectivity index (χ2n) is 7.57. The van der Waals surface area contributed by atoms with Crippen LogP contribution in [0.15, 0.2) is 30.3 Å². The van der Waals surface area contributed by atoms with Crippen LogP contribution in [-0.4, -0.2) is 41.3 Å². The first-order chi connectivity index (χ1) is 15.9. The van der Waals surface area contributed by atoms with E-state index in [9.17, 15) is 14.4 Å². The quantitative estimate of drug-likeness (QED) is 0.505. The number of amides is 1. The van der Waals surface area contributed by atoms with Crippen molar-refractivity contribution in [2.24, 2.45) is 0 Å². The molecule has 4 rings (SSSR count). The zero-order valence-corrected chi connectivity index (χ0v) is 19.7. The van der Waals surface area contributed by atoms with Gasteiger partial charge in [-0.05, 0) is 37.3 Å². The number of benzene rings is 1. The molecule has 172 valence electrons. The molecule has 1 aromatic carbocycles. The average Bonchev–Trinajstić information content (AvgIpc) is 3.45. The Morgan fingerprint density at radius 3 is 2.64 bits per heavy atom. The van der Waals surface area contributed by atoms with Crippen molar-refractivity contribution in [2.45, 2.75) is 32.7 Å². The maximum absolute atomic E-state index is 12.6. The van der Waals surface area contributed by atoms with Crippen molar-refractivity contribution in [1.82, 2.24) is 9.78 Å². The lowest BCUT2D eigenvalue weighted by Crippen LogP contribution is -2.22. The summed E-state index contributed by atoms with van der Waals surface area (Å²) in [5.74, 6) is -1.79. The van der Waals surface area contributed by atoms with E-state index in [1.165, 1.54) is 23.1 Å². The summed E-state index contributed by atoms with van der Waals surface area (Å²) < 4.78 is 11.6. The van der Waals surface area contributed by atoms with Crippen molar-refractivity contribution in [3.8, 4) is 0 Å². The summed E-state index contributed by atoms with van der Waals surface area (Å²) in [4.78, 5) is 38.4. The van der Waals surface area contributed by atoms with E-state index in [0.29, 0.717) is 22.8 Å². The Kier molecular flexibility index (Phi) is 6.80. The Morgan fingerprint density at radius 2 is 1.91 bits per heavy atom. The Hall–Kier alpha value is -3.17. The van der Waals surface area contributed by atoms with E-state index >= 15 is 0 Å². The standard InChI is InChI=1S/C23H22ClN3O5S/c1-13-18(20(24)27(26-13)11-14-7-4-3-5-8-14)23(30)32-12-17(28)25-21-19(22(29)31-2)15-9-6-10-16(15)33-21/h3-5,7-8H,6,9-12H2,1-2H3,(H,25,28). The topological polar surface area (TPSA) is 99.5 Å². The molecule has 2 heterocycles. The molecule has 0 unspecified atom stereocenters. The fraction of sp³-hybridized carbons (Fsp3) is 0.304. The lowest BCUT2D eigenvalue weighted by atomic mass is 10.1. The SMILES string of the molecule is COC(=O)c1c(NC(=O)COC(=O)c2c(C)nn(Cc3ccccc3)c2Cl)sc2c1CCC2. The highest BCUT2D eigenvalue weighted by atomic mass is 35.5. The maximum Gasteiger partial charge on any atom is 0.343 e. The second-order valence-corrected chi connectivity index (χ2v) is 9.04. The van der Waals surface area contributed by atoms with Gasteiger partial charge in [-0.3, -0.25) is 4.79 Å². The average molecular weight is 488 g/mol. The number of methoxy groups -OCH3 is 1. The number of aromatic nitrogens is 2. The zero-order chi connectivity index (χ0) is 23.5. The lowest BCUT2D eigenvalue weighted by molar-refractivity contribution is -0.119. The Balaban J connectivity index is 1.42. The molecule has 1 N–H and O–H groups in total. The minimum absolute atomic E-state index is 0.116. The molecule has 8 nitrogen and oxygen atoms in total. The van der Waals surface area contributed by atoms with Crippen molar-refractivity contribution < 1.29 is 23.9 Å². The number of carbonyl (C=O) groups is 3. The molecule has 1 amide bonds. The van der Waals surface area contributed by atoms with Crippen molar-refractivity contribution in [1.29, 1.82) is 0 Å². The van der Waals surface area contributed by atoms with Gasteiger partial charge in [-0.25, -0.2) is 14.3 Å². The van der Waals surface area contributed by atoms with E-state index in [1.807, 2.05) is 30.3 Å². The molecule has 0 radical (unpaired) electrons. The second kappa shape index (κ2) is 9.76. The van der Waals surface area contributed by atoms with Crippen molar-refractivity contribution in [3.05, 3.63) is 68.3 Å². The van der Waals surface area contributed by atoms with E-state index in [1.54, 1.807) is 6.92 Å². The molecule has 0 bridgehead atoms. The van der Waals surface area contributed by atoms with E-state index in [2.05, 4.69) is 10.4 Å². The number of fused-ring (bicyclic) bond motifs is 1. The molecule has 3 aromatic rings. The van der Waals surface area contributed by atoms with E-state index in [4.69, 9.17) is 21.1 Å². The zero-order valence-electron chi connectivity index (χ0n) is 18.1. The maximum atomic E-state index is 12.6. The van der Waals surface area contributed by atoms with Gasteiger partial charge in [0.05, 0.1) is 24.9 Å². The van der Waals surface area contributed by atoms with Crippen LogP contribution < -0.4 is 5.32 Å². The number of hydrogen-bond acceptors (Lipinski definition) is 7. The van der Waals surface area contributed by atoms with Gasteiger partial charge in [0, 0.05) is 4.88 Å². The minimum atomic E-state index is -0.742. The fourth-order valence-electron chi connectivity index (χ4n) is 3.82. The smallest absolute Gasteiger partial charge is 0.343 e. The largest absolute Gasteiger partial charge is 0.465 e. The Bertz CT molecular complexity index is 1220. The summed E-state index contributed by atoms with van der Waals surface area (Å²) in [6.45, 7) is 1.52. The highest BCUT2D eigenvalue weighted by molar-refractivity contribution is 7.17. The van der Waals surface area contributed by atoms with Gasteiger partial charge in [0.2, 0.25) is 0 Å². The summed E-state index contributed by atoms with van der Waals surface area (Å²) >= 11 is 7.74. The van der Waals surface area contributed by atoms with E-state index in [-0.39, 0.29) is 10.7 Å². The molecular weight excluding hydrogens is 466 g/mol. The third-order valence-corrected chi connectivity index (χ3v) is 6.93. The first-order valence-electron chi connectivity index (χ1n) is 10.4. The van der Waals surface area contributed by atoms with Crippen LogP contribution in [0, 0.1) is 6.92 Å². The number of halogens is 1. The molecule has 0 fully saturated rings. The molecule has 1 aliphatic carbocycles. The van der Waals surface area contributed by atoms with Crippen LogP contribution in [0.4, 0.5) is 5.00 Å². The molecule has 0 spiro atoms. The molecule has 1 aliphatic rings. The van der Waals surface area contributed by atoms with Crippen LogP contribution in [0.1, 0.15) is 48.8 Å². The van der Waals surface area contributed by atoms with Crippen molar-refractivity contribution in [2.75, 3.05) is 19.0 Å². The number of ether oxygens (including phenoxy) is 2. The van der Waals surface area contributed by atoms with Crippen LogP contribution in [0.25, 0.3) is 0 Å². The summed E-state index contributed by atoms with van der Waals surface area (Å²) in [5, 5.41) is 7.56. The van der Waals surface area contributed by atoms with Gasteiger partial charge in [-0.2, -0.15) is 5.10 Å². The molecule has 0 saturated heterocycles. The number of carbonyl (C=O) groups excluding carboxylic acids is 3.